The van der Waals surface area contributed by atoms with Crippen molar-refractivity contribution in [1.82, 2.24) is 0 Å². The van der Waals surface area contributed by atoms with Crippen LogP contribution in [-0.2, 0) is 19.2 Å². The Kier molecular flexibility index (Phi) is 6.47. The summed E-state index contributed by atoms with van der Waals surface area (Å²) in [6, 6.07) is 11.4. The highest BCUT2D eigenvalue weighted by molar-refractivity contribution is 6.31. The maximum Gasteiger partial charge on any atom is 0.316 e. The van der Waals surface area contributed by atoms with Gasteiger partial charge in [-0.15, -0.1) is 0 Å². The fourth-order valence-electron chi connectivity index (χ4n) is 5.50. The van der Waals surface area contributed by atoms with Crippen LogP contribution < -0.4 is 19.3 Å². The van der Waals surface area contributed by atoms with Gasteiger partial charge in [-0.25, -0.2) is 4.90 Å². The van der Waals surface area contributed by atoms with Crippen LogP contribution >= 0.6 is 11.6 Å². The van der Waals surface area contributed by atoms with Crippen molar-refractivity contribution in [2.45, 2.75) is 32.6 Å². The van der Waals surface area contributed by atoms with E-state index >= 15 is 0 Å². The molecule has 2 aromatic rings. The zero-order valence-electron chi connectivity index (χ0n) is 20.1. The molecule has 3 aliphatic rings. The fourth-order valence-corrected chi connectivity index (χ4v) is 5.67. The van der Waals surface area contributed by atoms with Gasteiger partial charge in [-0.2, -0.15) is 0 Å². The van der Waals surface area contributed by atoms with Gasteiger partial charge in [0, 0.05) is 24.1 Å². The van der Waals surface area contributed by atoms with Gasteiger partial charge in [-0.05, 0) is 55.5 Å². The summed E-state index contributed by atoms with van der Waals surface area (Å²) in [5.41, 5.74) is 0.888. The number of methoxy groups -OCH3 is 1. The first-order chi connectivity index (χ1) is 17.3. The first-order valence-electron chi connectivity index (χ1n) is 12.1. The number of amides is 3. The van der Waals surface area contributed by atoms with E-state index in [1.807, 2.05) is 0 Å². The van der Waals surface area contributed by atoms with Crippen LogP contribution in [0.25, 0.3) is 0 Å². The molecule has 0 aromatic heterocycles. The maximum atomic E-state index is 13.1. The lowest BCUT2D eigenvalue weighted by Crippen LogP contribution is -2.31. The molecule has 2 aromatic carbocycles. The van der Waals surface area contributed by atoms with E-state index in [1.165, 1.54) is 23.0 Å². The lowest BCUT2D eigenvalue weighted by atomic mass is 9.76. The first kappa shape index (κ1) is 24.3. The summed E-state index contributed by atoms with van der Waals surface area (Å²) in [5, 5.41) is 0.446. The molecule has 0 N–H and O–H groups in total. The second-order valence-corrected chi connectivity index (χ2v) is 10.2. The number of imide groups is 1. The molecule has 0 unspecified atom stereocenters. The minimum absolute atomic E-state index is 0.0150. The smallest absolute Gasteiger partial charge is 0.316 e. The number of ether oxygens (including phenoxy) is 2. The SMILES string of the molecule is COc1ccc(Cl)cc1N1C[C@H](C(=O)Oc2cccc(N3C(=O)[C@@H]4CC[C@@H](C)C[C@H]4C3=O)c2)CC1=O. The number of nitrogens with zero attached hydrogens (tertiary/aromatic N) is 2. The van der Waals surface area contributed by atoms with Gasteiger partial charge in [-0.3, -0.25) is 19.2 Å². The normalized spacial score (nSPS) is 25.8. The third-order valence-electron chi connectivity index (χ3n) is 7.37. The zero-order chi connectivity index (χ0) is 25.6. The van der Waals surface area contributed by atoms with Crippen molar-refractivity contribution in [2.75, 3.05) is 23.5 Å². The fraction of sp³-hybridized carbons (Fsp3) is 0.407. The minimum atomic E-state index is -0.691. The summed E-state index contributed by atoms with van der Waals surface area (Å²) in [7, 11) is 1.50. The van der Waals surface area contributed by atoms with Gasteiger partial charge in [0.15, 0.2) is 0 Å². The Morgan fingerprint density at radius 1 is 1.03 bits per heavy atom. The number of rotatable bonds is 5. The van der Waals surface area contributed by atoms with Gasteiger partial charge in [-0.1, -0.05) is 24.6 Å². The second kappa shape index (κ2) is 9.58. The highest BCUT2D eigenvalue weighted by Crippen LogP contribution is 2.42. The topological polar surface area (TPSA) is 93.2 Å². The number of halogens is 1. The van der Waals surface area contributed by atoms with E-state index in [0.29, 0.717) is 40.9 Å². The van der Waals surface area contributed by atoms with Crippen molar-refractivity contribution in [3.05, 3.63) is 47.5 Å². The zero-order valence-corrected chi connectivity index (χ0v) is 20.9. The summed E-state index contributed by atoms with van der Waals surface area (Å²) in [4.78, 5) is 54.4. The summed E-state index contributed by atoms with van der Waals surface area (Å²) in [6.45, 7) is 2.23. The Morgan fingerprint density at radius 3 is 2.58 bits per heavy atom. The van der Waals surface area contributed by atoms with Gasteiger partial charge < -0.3 is 14.4 Å². The molecule has 188 valence electrons. The van der Waals surface area contributed by atoms with Crippen molar-refractivity contribution in [3.63, 3.8) is 0 Å². The largest absolute Gasteiger partial charge is 0.495 e. The Bertz CT molecular complexity index is 1250. The van der Waals surface area contributed by atoms with Gasteiger partial charge >= 0.3 is 5.97 Å². The second-order valence-electron chi connectivity index (χ2n) is 9.78. The van der Waals surface area contributed by atoms with Crippen molar-refractivity contribution in [1.29, 1.82) is 0 Å². The molecule has 4 atom stereocenters. The van der Waals surface area contributed by atoms with E-state index in [9.17, 15) is 19.2 Å². The van der Waals surface area contributed by atoms with Gasteiger partial charge in [0.25, 0.3) is 0 Å². The minimum Gasteiger partial charge on any atom is -0.495 e. The number of hydrogen-bond acceptors (Lipinski definition) is 6. The van der Waals surface area contributed by atoms with E-state index in [0.717, 1.165) is 6.42 Å². The number of hydrogen-bond donors (Lipinski definition) is 0. The molecule has 2 aliphatic heterocycles. The van der Waals surface area contributed by atoms with E-state index < -0.39 is 11.9 Å². The highest BCUT2D eigenvalue weighted by atomic mass is 35.5. The summed E-state index contributed by atoms with van der Waals surface area (Å²) < 4.78 is 10.9. The molecule has 2 saturated heterocycles. The number of carbonyl (C=O) groups is 4. The van der Waals surface area contributed by atoms with E-state index in [2.05, 4.69) is 6.92 Å². The van der Waals surface area contributed by atoms with E-state index in [-0.39, 0.29) is 48.3 Å². The highest BCUT2D eigenvalue weighted by Gasteiger charge is 2.50. The molecule has 2 heterocycles. The lowest BCUT2D eigenvalue weighted by molar-refractivity contribution is -0.139. The van der Waals surface area contributed by atoms with E-state index in [4.69, 9.17) is 21.1 Å². The average Bonchev–Trinajstić information content (AvgIpc) is 3.36. The average molecular weight is 511 g/mol. The summed E-state index contributed by atoms with van der Waals surface area (Å²) in [5.74, 6) is -1.33. The quantitative estimate of drug-likeness (QED) is 0.339. The summed E-state index contributed by atoms with van der Waals surface area (Å²) in [6.07, 6.45) is 2.35. The molecule has 1 saturated carbocycles. The van der Waals surface area contributed by atoms with Crippen molar-refractivity contribution in [2.24, 2.45) is 23.7 Å². The third-order valence-corrected chi connectivity index (χ3v) is 7.61. The molecule has 1 aliphatic carbocycles. The Labute approximate surface area is 214 Å². The van der Waals surface area contributed by atoms with Crippen LogP contribution in [-0.4, -0.2) is 37.3 Å². The maximum absolute atomic E-state index is 13.1. The number of anilines is 2. The molecular weight excluding hydrogens is 484 g/mol. The van der Waals surface area contributed by atoms with E-state index in [1.54, 1.807) is 36.4 Å². The third kappa shape index (κ3) is 4.34. The molecular formula is C27H27ClN2O6. The Balaban J connectivity index is 1.30. The molecule has 0 radical (unpaired) electrons. The number of carbonyl (C=O) groups excluding carboxylic acids is 4. The number of benzene rings is 2. The van der Waals surface area contributed by atoms with Gasteiger partial charge in [0.2, 0.25) is 17.7 Å². The van der Waals surface area contributed by atoms with Crippen molar-refractivity contribution < 1.29 is 28.7 Å². The van der Waals surface area contributed by atoms with Crippen molar-refractivity contribution >= 4 is 46.7 Å². The standard InChI is InChI=1S/C27H27ClN2O6/c1-15-6-8-20-21(10-15)26(33)30(25(20)32)18-4-3-5-19(13-18)36-27(34)16-11-24(31)29(14-16)22-12-17(28)7-9-23(22)35-2/h3-5,7,9,12-13,15-16,20-21H,6,8,10-11,14H2,1-2H3/t15-,16-,20-,21-/m1/s1. The monoisotopic (exact) mass is 510 g/mol. The van der Waals surface area contributed by atoms with Crippen LogP contribution in [0.2, 0.25) is 5.02 Å². The van der Waals surface area contributed by atoms with Crippen molar-refractivity contribution in [3.8, 4) is 11.5 Å². The van der Waals surface area contributed by atoms with Crippen LogP contribution in [0.1, 0.15) is 32.6 Å². The van der Waals surface area contributed by atoms with Crippen LogP contribution in [0.15, 0.2) is 42.5 Å². The molecule has 0 bridgehead atoms. The van der Waals surface area contributed by atoms with Gasteiger partial charge in [0.05, 0.1) is 36.2 Å². The molecule has 8 nitrogen and oxygen atoms in total. The Hall–Kier alpha value is -3.39. The number of esters is 1. The predicted octanol–water partition coefficient (Wildman–Crippen LogP) is 4.23. The molecule has 0 spiro atoms. The van der Waals surface area contributed by atoms with Crippen LogP contribution in [0, 0.1) is 23.7 Å². The molecule has 36 heavy (non-hydrogen) atoms. The van der Waals surface area contributed by atoms with Crippen LogP contribution in [0.5, 0.6) is 11.5 Å². The Morgan fingerprint density at radius 2 is 1.81 bits per heavy atom. The molecule has 9 heteroatoms. The summed E-state index contributed by atoms with van der Waals surface area (Å²) >= 11 is 6.11. The molecule has 3 fully saturated rings. The lowest BCUT2D eigenvalue weighted by Gasteiger charge is -2.25. The van der Waals surface area contributed by atoms with Gasteiger partial charge in [0.1, 0.15) is 11.5 Å². The predicted molar refractivity (Wildman–Crippen MR) is 133 cm³/mol. The molecule has 5 rings (SSSR count). The molecule has 3 amide bonds. The number of fused-ring (bicyclic) bond motifs is 1. The van der Waals surface area contributed by atoms with Crippen LogP contribution in [0.3, 0.4) is 0 Å². The van der Waals surface area contributed by atoms with Crippen LogP contribution in [0.4, 0.5) is 11.4 Å². The first-order valence-corrected chi connectivity index (χ1v) is 12.5.